The lowest BCUT2D eigenvalue weighted by Crippen LogP contribution is -2.14. The molecule has 0 atom stereocenters. The molecule has 1 aromatic carbocycles. The summed E-state index contributed by atoms with van der Waals surface area (Å²) in [5, 5.41) is 7.98. The maximum atomic E-state index is 11.8. The highest BCUT2D eigenvalue weighted by atomic mass is 35.5. The van der Waals surface area contributed by atoms with Gasteiger partial charge in [-0.05, 0) is 30.3 Å². The number of anilines is 1. The van der Waals surface area contributed by atoms with E-state index in [9.17, 15) is 13.2 Å². The first-order chi connectivity index (χ1) is 8.86. The molecule has 4 N–H and O–H groups in total. The van der Waals surface area contributed by atoms with Crippen LogP contribution in [0.2, 0.25) is 5.02 Å². The topological polar surface area (TPSA) is 105 Å². The fourth-order valence-corrected chi connectivity index (χ4v) is 2.10. The first-order valence-electron chi connectivity index (χ1n) is 5.14. The van der Waals surface area contributed by atoms with Crippen LogP contribution in [0.3, 0.4) is 0 Å². The van der Waals surface area contributed by atoms with E-state index in [4.69, 9.17) is 16.7 Å². The normalized spacial score (nSPS) is 11.3. The van der Waals surface area contributed by atoms with Crippen LogP contribution >= 0.6 is 11.6 Å². The number of hydrogen-bond acceptors (Lipinski definition) is 3. The number of benzene rings is 1. The van der Waals surface area contributed by atoms with Crippen LogP contribution in [0.4, 0.5) is 5.69 Å². The molecular weight excluding hydrogens is 290 g/mol. The van der Waals surface area contributed by atoms with Crippen molar-refractivity contribution in [3.05, 3.63) is 47.2 Å². The number of H-pyrrole nitrogens is 1. The molecule has 1 amide bonds. The lowest BCUT2D eigenvalue weighted by molar-refractivity contribution is 0.102. The number of sulfonamides is 1. The van der Waals surface area contributed by atoms with Crippen LogP contribution in [0.1, 0.15) is 10.5 Å². The number of aromatic nitrogens is 1. The van der Waals surface area contributed by atoms with Gasteiger partial charge in [0.15, 0.2) is 0 Å². The third-order valence-corrected chi connectivity index (χ3v) is 3.48. The zero-order chi connectivity index (χ0) is 14.0. The van der Waals surface area contributed by atoms with E-state index in [0.29, 0.717) is 16.4 Å². The predicted octanol–water partition coefficient (Wildman–Crippen LogP) is 1.57. The molecule has 6 nitrogen and oxygen atoms in total. The van der Waals surface area contributed by atoms with Crippen molar-refractivity contribution in [1.29, 1.82) is 0 Å². The second kappa shape index (κ2) is 5.04. The number of halogens is 1. The minimum absolute atomic E-state index is 0.0200. The average molecular weight is 300 g/mol. The van der Waals surface area contributed by atoms with Gasteiger partial charge in [0.2, 0.25) is 10.0 Å². The lowest BCUT2D eigenvalue weighted by atomic mass is 10.3. The van der Waals surface area contributed by atoms with E-state index in [2.05, 4.69) is 10.3 Å². The Labute approximate surface area is 114 Å². The van der Waals surface area contributed by atoms with Crippen LogP contribution in [0.25, 0.3) is 0 Å². The number of hydrogen-bond donors (Lipinski definition) is 3. The Morgan fingerprint density at radius 1 is 1.26 bits per heavy atom. The summed E-state index contributed by atoms with van der Waals surface area (Å²) < 4.78 is 22.1. The van der Waals surface area contributed by atoms with Crippen LogP contribution in [0.5, 0.6) is 0 Å². The zero-order valence-electron chi connectivity index (χ0n) is 9.55. The summed E-state index contributed by atoms with van der Waals surface area (Å²) in [6.45, 7) is 0. The molecular formula is C11H10ClN3O3S. The van der Waals surface area contributed by atoms with Crippen molar-refractivity contribution < 1.29 is 13.2 Å². The molecule has 19 heavy (non-hydrogen) atoms. The van der Waals surface area contributed by atoms with Crippen molar-refractivity contribution >= 4 is 33.2 Å². The SMILES string of the molecule is NS(=O)(=O)c1ccc(NC(=O)c2cc(Cl)c[nH]2)cc1. The van der Waals surface area contributed by atoms with E-state index in [0.717, 1.165) is 0 Å². The van der Waals surface area contributed by atoms with Gasteiger partial charge < -0.3 is 10.3 Å². The smallest absolute Gasteiger partial charge is 0.272 e. The molecule has 0 unspecified atom stereocenters. The summed E-state index contributed by atoms with van der Waals surface area (Å²) in [5.41, 5.74) is 0.753. The molecule has 1 aromatic heterocycles. The van der Waals surface area contributed by atoms with E-state index in [1.54, 1.807) is 0 Å². The standard InChI is InChI=1S/C11H10ClN3O3S/c12-7-5-10(14-6-7)11(16)15-8-1-3-9(4-2-8)19(13,17)18/h1-6,14H,(H,15,16)(H2,13,17,18). The molecule has 2 aromatic rings. The first kappa shape index (κ1) is 13.6. The van der Waals surface area contributed by atoms with Crippen LogP contribution in [0, 0.1) is 0 Å². The fraction of sp³-hybridized carbons (Fsp3) is 0. The number of nitrogens with one attached hydrogen (secondary N) is 2. The third-order valence-electron chi connectivity index (χ3n) is 2.33. The summed E-state index contributed by atoms with van der Waals surface area (Å²) >= 11 is 5.69. The quantitative estimate of drug-likeness (QED) is 0.801. The molecule has 0 aliphatic carbocycles. The molecule has 2 rings (SSSR count). The molecule has 1 heterocycles. The molecule has 0 aliphatic heterocycles. The van der Waals surface area contributed by atoms with Crippen LogP contribution in [0.15, 0.2) is 41.4 Å². The molecule has 100 valence electrons. The van der Waals surface area contributed by atoms with E-state index in [1.165, 1.54) is 36.5 Å². The Morgan fingerprint density at radius 3 is 2.37 bits per heavy atom. The molecule has 0 fully saturated rings. The highest BCUT2D eigenvalue weighted by Crippen LogP contribution is 2.15. The number of carbonyl (C=O) groups excluding carboxylic acids is 1. The third kappa shape index (κ3) is 3.34. The van der Waals surface area contributed by atoms with E-state index in [-0.39, 0.29) is 10.8 Å². The van der Waals surface area contributed by atoms with Gasteiger partial charge >= 0.3 is 0 Å². The van der Waals surface area contributed by atoms with Crippen LogP contribution < -0.4 is 10.5 Å². The Bertz CT molecular complexity index is 707. The summed E-state index contributed by atoms with van der Waals surface area (Å²) in [5.74, 6) is -0.379. The van der Waals surface area contributed by atoms with Crippen molar-refractivity contribution in [3.8, 4) is 0 Å². The zero-order valence-corrected chi connectivity index (χ0v) is 11.1. The number of aromatic amines is 1. The number of rotatable bonds is 3. The van der Waals surface area contributed by atoms with Gasteiger partial charge in [-0.1, -0.05) is 11.6 Å². The molecule has 0 radical (unpaired) electrons. The average Bonchev–Trinajstić information content (AvgIpc) is 2.75. The van der Waals surface area contributed by atoms with Crippen molar-refractivity contribution in [1.82, 2.24) is 4.98 Å². The predicted molar refractivity (Wildman–Crippen MR) is 71.6 cm³/mol. The van der Waals surface area contributed by atoms with Gasteiger partial charge in [0.1, 0.15) is 5.69 Å². The van der Waals surface area contributed by atoms with Gasteiger partial charge in [-0.25, -0.2) is 13.6 Å². The second-order valence-electron chi connectivity index (χ2n) is 3.76. The van der Waals surface area contributed by atoms with Crippen molar-refractivity contribution in [2.75, 3.05) is 5.32 Å². The largest absolute Gasteiger partial charge is 0.356 e. The Kier molecular flexibility index (Phi) is 3.61. The summed E-state index contributed by atoms with van der Waals surface area (Å²) in [4.78, 5) is 14.4. The maximum Gasteiger partial charge on any atom is 0.272 e. The number of carbonyl (C=O) groups is 1. The Balaban J connectivity index is 2.14. The van der Waals surface area contributed by atoms with Gasteiger partial charge in [0, 0.05) is 11.9 Å². The number of primary sulfonamides is 1. The molecule has 0 saturated carbocycles. The molecule has 0 saturated heterocycles. The Hall–Kier alpha value is -1.83. The minimum Gasteiger partial charge on any atom is -0.356 e. The molecule has 0 spiro atoms. The minimum atomic E-state index is -3.73. The second-order valence-corrected chi connectivity index (χ2v) is 5.75. The number of amides is 1. The summed E-state index contributed by atoms with van der Waals surface area (Å²) in [6.07, 6.45) is 1.49. The first-order valence-corrected chi connectivity index (χ1v) is 7.07. The molecule has 0 aliphatic rings. The molecule has 8 heteroatoms. The van der Waals surface area contributed by atoms with E-state index >= 15 is 0 Å². The van der Waals surface area contributed by atoms with Gasteiger partial charge in [0.05, 0.1) is 9.92 Å². The lowest BCUT2D eigenvalue weighted by Gasteiger charge is -2.04. The van der Waals surface area contributed by atoms with Gasteiger partial charge in [0.25, 0.3) is 5.91 Å². The van der Waals surface area contributed by atoms with Gasteiger partial charge in [-0.3, -0.25) is 4.79 Å². The Morgan fingerprint density at radius 2 is 1.89 bits per heavy atom. The summed E-state index contributed by atoms with van der Waals surface area (Å²) in [7, 11) is -3.73. The van der Waals surface area contributed by atoms with Crippen molar-refractivity contribution in [2.45, 2.75) is 4.90 Å². The molecule has 0 bridgehead atoms. The highest BCUT2D eigenvalue weighted by molar-refractivity contribution is 7.89. The summed E-state index contributed by atoms with van der Waals surface area (Å²) in [6, 6.07) is 7.00. The van der Waals surface area contributed by atoms with Crippen molar-refractivity contribution in [2.24, 2.45) is 5.14 Å². The van der Waals surface area contributed by atoms with Crippen molar-refractivity contribution in [3.63, 3.8) is 0 Å². The van der Waals surface area contributed by atoms with Gasteiger partial charge in [-0.15, -0.1) is 0 Å². The fourth-order valence-electron chi connectivity index (χ4n) is 1.43. The highest BCUT2D eigenvalue weighted by Gasteiger charge is 2.10. The van der Waals surface area contributed by atoms with E-state index < -0.39 is 10.0 Å². The monoisotopic (exact) mass is 299 g/mol. The van der Waals surface area contributed by atoms with Crippen LogP contribution in [-0.2, 0) is 10.0 Å². The van der Waals surface area contributed by atoms with Gasteiger partial charge in [-0.2, -0.15) is 0 Å². The van der Waals surface area contributed by atoms with E-state index in [1.807, 2.05) is 0 Å². The van der Waals surface area contributed by atoms with Crippen LogP contribution in [-0.4, -0.2) is 19.3 Å². The maximum absolute atomic E-state index is 11.8. The number of nitrogens with two attached hydrogens (primary N) is 1.